The molecule has 0 bridgehead atoms. The van der Waals surface area contributed by atoms with Crippen molar-refractivity contribution in [2.75, 3.05) is 0 Å². The van der Waals surface area contributed by atoms with Crippen molar-refractivity contribution in [3.63, 3.8) is 0 Å². The lowest BCUT2D eigenvalue weighted by Gasteiger charge is -2.47. The number of ether oxygens (including phenoxy) is 1. The molecular formula is C12H14FNO2. The maximum atomic E-state index is 13.5. The minimum Gasteiger partial charge on any atom is -0.382 e. The van der Waals surface area contributed by atoms with Crippen LogP contribution < -0.4 is 0 Å². The standard InChI is InChI=1S/C12H14FNO2/c13-10-7-12(15,8-3-5-14-6-4-8)11(10)16-9-1-2-9/h3-6,9-11,15H,1-2,7H2. The fourth-order valence-electron chi connectivity index (χ4n) is 2.19. The van der Waals surface area contributed by atoms with E-state index in [-0.39, 0.29) is 12.5 Å². The fourth-order valence-corrected chi connectivity index (χ4v) is 2.19. The van der Waals surface area contributed by atoms with Crippen LogP contribution in [-0.4, -0.2) is 28.5 Å². The van der Waals surface area contributed by atoms with Crippen LogP contribution in [0, 0.1) is 0 Å². The summed E-state index contributed by atoms with van der Waals surface area (Å²) in [6, 6.07) is 3.43. The first kappa shape index (κ1) is 10.2. The number of nitrogens with zero attached hydrogens (tertiary/aromatic N) is 1. The van der Waals surface area contributed by atoms with Gasteiger partial charge in [-0.05, 0) is 30.5 Å². The van der Waals surface area contributed by atoms with Crippen molar-refractivity contribution in [1.29, 1.82) is 0 Å². The monoisotopic (exact) mass is 223 g/mol. The zero-order valence-corrected chi connectivity index (χ0v) is 8.84. The van der Waals surface area contributed by atoms with Gasteiger partial charge in [-0.25, -0.2) is 4.39 Å². The van der Waals surface area contributed by atoms with E-state index in [9.17, 15) is 9.50 Å². The van der Waals surface area contributed by atoms with E-state index in [0.717, 1.165) is 12.8 Å². The Morgan fingerprint density at radius 1 is 1.38 bits per heavy atom. The molecule has 3 nitrogen and oxygen atoms in total. The molecule has 3 unspecified atom stereocenters. The van der Waals surface area contributed by atoms with Crippen LogP contribution in [0.5, 0.6) is 0 Å². The van der Waals surface area contributed by atoms with Crippen molar-refractivity contribution >= 4 is 0 Å². The molecule has 0 aromatic carbocycles. The minimum absolute atomic E-state index is 0.119. The summed E-state index contributed by atoms with van der Waals surface area (Å²) in [7, 11) is 0. The van der Waals surface area contributed by atoms with E-state index in [0.29, 0.717) is 5.56 Å². The first-order valence-electron chi connectivity index (χ1n) is 5.62. The molecule has 0 spiro atoms. The van der Waals surface area contributed by atoms with E-state index < -0.39 is 17.9 Å². The van der Waals surface area contributed by atoms with Gasteiger partial charge in [-0.3, -0.25) is 4.98 Å². The molecule has 2 aliphatic carbocycles. The van der Waals surface area contributed by atoms with E-state index in [4.69, 9.17) is 4.74 Å². The number of alkyl halides is 1. The second-order valence-corrected chi connectivity index (χ2v) is 4.64. The van der Waals surface area contributed by atoms with E-state index in [2.05, 4.69) is 4.98 Å². The molecule has 0 aliphatic heterocycles. The molecule has 0 amide bonds. The lowest BCUT2D eigenvalue weighted by atomic mass is 9.71. The molecule has 2 fully saturated rings. The smallest absolute Gasteiger partial charge is 0.133 e. The molecule has 4 heteroatoms. The molecule has 1 aromatic rings. The summed E-state index contributed by atoms with van der Waals surface area (Å²) >= 11 is 0. The SMILES string of the molecule is OC1(c2ccncc2)CC(F)C1OC1CC1. The third-order valence-electron chi connectivity index (χ3n) is 3.35. The highest BCUT2D eigenvalue weighted by molar-refractivity contribution is 5.26. The van der Waals surface area contributed by atoms with Crippen LogP contribution in [0.3, 0.4) is 0 Å². The van der Waals surface area contributed by atoms with Crippen molar-refractivity contribution in [2.24, 2.45) is 0 Å². The van der Waals surface area contributed by atoms with E-state index >= 15 is 0 Å². The Kier molecular flexibility index (Phi) is 2.23. The normalized spacial score (nSPS) is 38.1. The molecule has 2 saturated carbocycles. The third kappa shape index (κ3) is 1.53. The number of pyridine rings is 1. The Balaban J connectivity index is 1.81. The van der Waals surface area contributed by atoms with Gasteiger partial charge in [-0.15, -0.1) is 0 Å². The quantitative estimate of drug-likeness (QED) is 0.845. The van der Waals surface area contributed by atoms with E-state index in [1.54, 1.807) is 24.5 Å². The Morgan fingerprint density at radius 2 is 2.06 bits per heavy atom. The average Bonchev–Trinajstić information content (AvgIpc) is 3.11. The lowest BCUT2D eigenvalue weighted by Crippen LogP contribution is -2.59. The van der Waals surface area contributed by atoms with E-state index in [1.165, 1.54) is 0 Å². The molecule has 3 atom stereocenters. The Labute approximate surface area is 93.3 Å². The van der Waals surface area contributed by atoms with Gasteiger partial charge in [0.1, 0.15) is 17.9 Å². The van der Waals surface area contributed by atoms with Gasteiger partial charge in [-0.2, -0.15) is 0 Å². The van der Waals surface area contributed by atoms with Crippen molar-refractivity contribution in [3.8, 4) is 0 Å². The second kappa shape index (κ2) is 3.50. The number of aliphatic hydroxyl groups is 1. The van der Waals surface area contributed by atoms with Crippen molar-refractivity contribution in [2.45, 2.75) is 43.2 Å². The third-order valence-corrected chi connectivity index (χ3v) is 3.35. The highest BCUT2D eigenvalue weighted by Crippen LogP contribution is 2.47. The van der Waals surface area contributed by atoms with Crippen LogP contribution in [0.4, 0.5) is 4.39 Å². The zero-order chi connectivity index (χ0) is 11.2. The van der Waals surface area contributed by atoms with Gasteiger partial charge >= 0.3 is 0 Å². The maximum Gasteiger partial charge on any atom is 0.133 e. The number of halogens is 1. The van der Waals surface area contributed by atoms with Gasteiger partial charge in [0.25, 0.3) is 0 Å². The number of hydrogen-bond donors (Lipinski definition) is 1. The summed E-state index contributed by atoms with van der Waals surface area (Å²) in [5, 5.41) is 10.4. The van der Waals surface area contributed by atoms with Gasteiger partial charge in [0.15, 0.2) is 0 Å². The van der Waals surface area contributed by atoms with Crippen molar-refractivity contribution < 1.29 is 14.2 Å². The zero-order valence-electron chi connectivity index (χ0n) is 8.84. The molecule has 1 aromatic heterocycles. The summed E-state index contributed by atoms with van der Waals surface area (Å²) in [5.74, 6) is 0. The Hall–Kier alpha value is -1.00. The average molecular weight is 223 g/mol. The van der Waals surface area contributed by atoms with Crippen molar-refractivity contribution in [3.05, 3.63) is 30.1 Å². The fraction of sp³-hybridized carbons (Fsp3) is 0.583. The van der Waals surface area contributed by atoms with Crippen LogP contribution in [0.25, 0.3) is 0 Å². The summed E-state index contributed by atoms with van der Waals surface area (Å²) in [6.45, 7) is 0. The predicted octanol–water partition coefficient (Wildman–Crippen LogP) is 1.56. The predicted molar refractivity (Wildman–Crippen MR) is 55.5 cm³/mol. The van der Waals surface area contributed by atoms with Gasteiger partial charge in [0.2, 0.25) is 0 Å². The largest absolute Gasteiger partial charge is 0.382 e. The van der Waals surface area contributed by atoms with Crippen LogP contribution in [-0.2, 0) is 10.3 Å². The van der Waals surface area contributed by atoms with Crippen LogP contribution in [0.15, 0.2) is 24.5 Å². The molecule has 86 valence electrons. The second-order valence-electron chi connectivity index (χ2n) is 4.64. The van der Waals surface area contributed by atoms with E-state index in [1.807, 2.05) is 0 Å². The molecule has 0 radical (unpaired) electrons. The van der Waals surface area contributed by atoms with Gasteiger partial charge in [0.05, 0.1) is 6.10 Å². The van der Waals surface area contributed by atoms with Crippen LogP contribution in [0.1, 0.15) is 24.8 Å². The van der Waals surface area contributed by atoms with Crippen LogP contribution in [0.2, 0.25) is 0 Å². The topological polar surface area (TPSA) is 42.4 Å². The molecule has 1 heterocycles. The van der Waals surface area contributed by atoms with Gasteiger partial charge in [-0.1, -0.05) is 0 Å². The minimum atomic E-state index is -1.16. The molecular weight excluding hydrogens is 209 g/mol. The lowest BCUT2D eigenvalue weighted by molar-refractivity contribution is -0.224. The number of rotatable bonds is 3. The summed E-state index contributed by atoms with van der Waals surface area (Å²) < 4.78 is 19.0. The summed E-state index contributed by atoms with van der Waals surface area (Å²) in [6.07, 6.45) is 3.68. The number of aromatic nitrogens is 1. The summed E-state index contributed by atoms with van der Waals surface area (Å²) in [4.78, 5) is 3.89. The van der Waals surface area contributed by atoms with Crippen LogP contribution >= 0.6 is 0 Å². The highest BCUT2D eigenvalue weighted by atomic mass is 19.1. The first-order valence-corrected chi connectivity index (χ1v) is 5.62. The highest BCUT2D eigenvalue weighted by Gasteiger charge is 2.57. The Morgan fingerprint density at radius 3 is 2.62 bits per heavy atom. The van der Waals surface area contributed by atoms with Gasteiger partial charge in [0, 0.05) is 18.8 Å². The summed E-state index contributed by atoms with van der Waals surface area (Å²) in [5.41, 5.74) is -0.465. The number of hydrogen-bond acceptors (Lipinski definition) is 3. The Bertz CT molecular complexity index is 382. The molecule has 0 saturated heterocycles. The molecule has 1 N–H and O–H groups in total. The molecule has 2 aliphatic rings. The first-order chi connectivity index (χ1) is 7.70. The maximum absolute atomic E-state index is 13.5. The molecule has 3 rings (SSSR count). The van der Waals surface area contributed by atoms with Gasteiger partial charge < -0.3 is 9.84 Å². The van der Waals surface area contributed by atoms with Crippen molar-refractivity contribution in [1.82, 2.24) is 4.98 Å². The molecule has 16 heavy (non-hydrogen) atoms.